The lowest BCUT2D eigenvalue weighted by molar-refractivity contribution is -0.205. The molecule has 0 fully saturated rings. The second kappa shape index (κ2) is 8.85. The van der Waals surface area contributed by atoms with E-state index in [0.717, 1.165) is 6.07 Å². The van der Waals surface area contributed by atoms with Gasteiger partial charge in [0.1, 0.15) is 12.4 Å². The standard InChI is InChI=1S/C26H23F4N3O6/c1-4-25(38)15-6-18-20-13(8-33(18)23(36)14(15)9-39-24(25)37)19(11(3)31-22(35)21(34)26(28,29)30)12-5-10(2)16(27)7-17(12)32-20/h5-7,11,21,34,38H,4,8-9H2,1-3H3,(H,31,35)/t11-,21-,25+/m1/s1. The van der Waals surface area contributed by atoms with Crippen molar-refractivity contribution in [3.05, 3.63) is 62.2 Å². The van der Waals surface area contributed by atoms with Crippen molar-refractivity contribution in [1.29, 1.82) is 0 Å². The summed E-state index contributed by atoms with van der Waals surface area (Å²) in [7, 11) is 0. The third-order valence-corrected chi connectivity index (χ3v) is 7.36. The van der Waals surface area contributed by atoms with Crippen LogP contribution in [0.15, 0.2) is 23.0 Å². The Kier molecular flexibility index (Phi) is 6.07. The van der Waals surface area contributed by atoms with Crippen LogP contribution >= 0.6 is 0 Å². The van der Waals surface area contributed by atoms with Crippen molar-refractivity contribution in [1.82, 2.24) is 14.9 Å². The highest BCUT2D eigenvalue weighted by Crippen LogP contribution is 2.42. The fourth-order valence-electron chi connectivity index (χ4n) is 5.25. The maximum absolute atomic E-state index is 14.5. The van der Waals surface area contributed by atoms with Crippen LogP contribution in [0, 0.1) is 12.7 Å². The van der Waals surface area contributed by atoms with E-state index in [1.807, 2.05) is 0 Å². The molecule has 3 aromatic rings. The molecule has 0 radical (unpaired) electrons. The number of pyridine rings is 2. The molecule has 0 unspecified atom stereocenters. The number of cyclic esters (lactones) is 1. The second-order valence-electron chi connectivity index (χ2n) is 9.75. The van der Waals surface area contributed by atoms with Crippen LogP contribution in [0.4, 0.5) is 17.6 Å². The Hall–Kier alpha value is -3.84. The maximum Gasteiger partial charge on any atom is 0.423 e. The van der Waals surface area contributed by atoms with Gasteiger partial charge in [0.15, 0.2) is 5.60 Å². The lowest BCUT2D eigenvalue weighted by atomic mass is 9.86. The number of aromatic nitrogens is 2. The second-order valence-corrected chi connectivity index (χ2v) is 9.75. The number of nitrogens with one attached hydrogen (secondary N) is 1. The number of esters is 1. The number of halogens is 4. The molecule has 206 valence electrons. The molecule has 39 heavy (non-hydrogen) atoms. The van der Waals surface area contributed by atoms with Crippen LogP contribution in [0.25, 0.3) is 22.3 Å². The van der Waals surface area contributed by atoms with E-state index in [-0.39, 0.29) is 58.7 Å². The van der Waals surface area contributed by atoms with E-state index in [9.17, 15) is 42.2 Å². The van der Waals surface area contributed by atoms with Crippen LogP contribution in [0.1, 0.15) is 54.1 Å². The van der Waals surface area contributed by atoms with Crippen molar-refractivity contribution >= 4 is 22.8 Å². The normalized spacial score (nSPS) is 19.7. The molecule has 2 aromatic heterocycles. The van der Waals surface area contributed by atoms with E-state index < -0.39 is 47.2 Å². The smallest absolute Gasteiger partial charge is 0.423 e. The molecule has 2 aliphatic rings. The van der Waals surface area contributed by atoms with E-state index >= 15 is 0 Å². The molecule has 4 heterocycles. The summed E-state index contributed by atoms with van der Waals surface area (Å²) in [6.45, 7) is 3.96. The number of fused-ring (bicyclic) bond motifs is 5. The molecule has 0 spiro atoms. The Balaban J connectivity index is 1.74. The van der Waals surface area contributed by atoms with Gasteiger partial charge in [-0.15, -0.1) is 0 Å². The summed E-state index contributed by atoms with van der Waals surface area (Å²) in [4.78, 5) is 42.7. The first-order chi connectivity index (χ1) is 18.2. The van der Waals surface area contributed by atoms with E-state index in [1.54, 1.807) is 6.92 Å². The highest BCUT2D eigenvalue weighted by atomic mass is 19.4. The van der Waals surface area contributed by atoms with Gasteiger partial charge in [-0.05, 0) is 43.5 Å². The highest BCUT2D eigenvalue weighted by molar-refractivity contribution is 5.91. The molecule has 2 aliphatic heterocycles. The summed E-state index contributed by atoms with van der Waals surface area (Å²) < 4.78 is 59.8. The van der Waals surface area contributed by atoms with E-state index in [0.29, 0.717) is 10.9 Å². The SMILES string of the molecule is CC[C@@]1(O)C(=O)OCc2c1cc1n(c2=O)Cc2c-1nc1cc(F)c(C)cc1c2[C@@H](C)NC(=O)[C@@H](O)C(F)(F)F. The number of nitrogens with zero attached hydrogens (tertiary/aromatic N) is 2. The number of benzene rings is 1. The summed E-state index contributed by atoms with van der Waals surface area (Å²) in [5, 5.41) is 23.0. The molecule has 0 bridgehead atoms. The Morgan fingerprint density at radius 3 is 2.59 bits per heavy atom. The Bertz CT molecular complexity index is 1630. The van der Waals surface area contributed by atoms with Crippen molar-refractivity contribution in [3.8, 4) is 11.4 Å². The molecular formula is C26H23F4N3O6. The third kappa shape index (κ3) is 3.98. The average Bonchev–Trinajstić information content (AvgIpc) is 3.23. The molecule has 5 rings (SSSR count). The summed E-state index contributed by atoms with van der Waals surface area (Å²) in [6, 6.07) is 2.88. The molecule has 9 nitrogen and oxygen atoms in total. The Morgan fingerprint density at radius 1 is 1.26 bits per heavy atom. The fourth-order valence-corrected chi connectivity index (χ4v) is 5.25. The van der Waals surface area contributed by atoms with Crippen molar-refractivity contribution in [2.45, 2.75) is 64.3 Å². The number of ether oxygens (including phenoxy) is 1. The van der Waals surface area contributed by atoms with Gasteiger partial charge in [-0.1, -0.05) is 6.92 Å². The molecule has 3 N–H and O–H groups in total. The molecule has 13 heteroatoms. The zero-order chi connectivity index (χ0) is 28.6. The van der Waals surface area contributed by atoms with Gasteiger partial charge in [-0.2, -0.15) is 13.2 Å². The number of rotatable bonds is 4. The van der Waals surface area contributed by atoms with Crippen LogP contribution in [-0.2, 0) is 33.1 Å². The first kappa shape index (κ1) is 26.8. The zero-order valence-corrected chi connectivity index (χ0v) is 20.9. The number of carbonyl (C=O) groups excluding carboxylic acids is 2. The van der Waals surface area contributed by atoms with Crippen LogP contribution in [0.5, 0.6) is 0 Å². The number of hydrogen-bond donors (Lipinski definition) is 3. The Morgan fingerprint density at radius 2 is 1.95 bits per heavy atom. The predicted octanol–water partition coefficient (Wildman–Crippen LogP) is 2.63. The number of hydrogen-bond acceptors (Lipinski definition) is 7. The summed E-state index contributed by atoms with van der Waals surface area (Å²) >= 11 is 0. The maximum atomic E-state index is 14.5. The van der Waals surface area contributed by atoms with E-state index in [1.165, 1.54) is 30.5 Å². The minimum absolute atomic E-state index is 0.0542. The van der Waals surface area contributed by atoms with Gasteiger partial charge in [0.05, 0.1) is 35.1 Å². The monoisotopic (exact) mass is 549 g/mol. The lowest BCUT2D eigenvalue weighted by Crippen LogP contribution is -2.45. The lowest BCUT2D eigenvalue weighted by Gasteiger charge is -2.31. The van der Waals surface area contributed by atoms with Crippen LogP contribution < -0.4 is 10.9 Å². The number of aliphatic hydroxyl groups is 2. The van der Waals surface area contributed by atoms with Crippen molar-refractivity contribution < 1.29 is 42.1 Å². The molecule has 3 atom stereocenters. The Labute approximate surface area is 218 Å². The van der Waals surface area contributed by atoms with Crippen LogP contribution in [0.2, 0.25) is 0 Å². The van der Waals surface area contributed by atoms with Gasteiger partial charge >= 0.3 is 12.1 Å². The minimum atomic E-state index is -5.19. The van der Waals surface area contributed by atoms with Crippen LogP contribution in [-0.4, -0.2) is 43.9 Å². The zero-order valence-electron chi connectivity index (χ0n) is 20.9. The molecule has 0 aliphatic carbocycles. The molecule has 0 saturated heterocycles. The number of amides is 1. The summed E-state index contributed by atoms with van der Waals surface area (Å²) in [6.07, 6.45) is -8.54. The van der Waals surface area contributed by atoms with Crippen LogP contribution in [0.3, 0.4) is 0 Å². The van der Waals surface area contributed by atoms with Crippen molar-refractivity contribution in [2.24, 2.45) is 0 Å². The fraction of sp³-hybridized carbons (Fsp3) is 0.385. The third-order valence-electron chi connectivity index (χ3n) is 7.36. The van der Waals surface area contributed by atoms with Gasteiger partial charge in [-0.3, -0.25) is 9.59 Å². The largest absolute Gasteiger partial charge is 0.458 e. The quantitative estimate of drug-likeness (QED) is 0.264. The molecule has 1 amide bonds. The van der Waals surface area contributed by atoms with Gasteiger partial charge < -0.3 is 24.8 Å². The highest BCUT2D eigenvalue weighted by Gasteiger charge is 2.46. The first-order valence-electron chi connectivity index (χ1n) is 12.0. The van der Waals surface area contributed by atoms with Gasteiger partial charge in [-0.25, -0.2) is 14.2 Å². The molecule has 0 saturated carbocycles. The van der Waals surface area contributed by atoms with E-state index in [4.69, 9.17) is 4.74 Å². The first-order valence-corrected chi connectivity index (χ1v) is 12.0. The van der Waals surface area contributed by atoms with Gasteiger partial charge in [0.25, 0.3) is 11.5 Å². The van der Waals surface area contributed by atoms with Crippen molar-refractivity contribution in [3.63, 3.8) is 0 Å². The summed E-state index contributed by atoms with van der Waals surface area (Å²) in [5.74, 6) is -3.20. The van der Waals surface area contributed by atoms with Gasteiger partial charge in [0, 0.05) is 22.6 Å². The number of carbonyl (C=O) groups is 2. The number of alkyl halides is 3. The average molecular weight is 549 g/mol. The number of aryl methyl sites for hydroxylation is 1. The topological polar surface area (TPSA) is 131 Å². The predicted molar refractivity (Wildman–Crippen MR) is 128 cm³/mol. The van der Waals surface area contributed by atoms with Gasteiger partial charge in [0.2, 0.25) is 6.10 Å². The minimum Gasteiger partial charge on any atom is -0.458 e. The number of aliphatic hydroxyl groups excluding tert-OH is 1. The molecule has 1 aromatic carbocycles. The van der Waals surface area contributed by atoms with E-state index in [2.05, 4.69) is 10.3 Å². The summed E-state index contributed by atoms with van der Waals surface area (Å²) in [5.41, 5.74) is -1.18. The van der Waals surface area contributed by atoms with Crippen molar-refractivity contribution in [2.75, 3.05) is 0 Å². The molecular weight excluding hydrogens is 526 g/mol.